The van der Waals surface area contributed by atoms with Gasteiger partial charge in [0.05, 0.1) is 16.9 Å². The molecule has 136 valence electrons. The molecule has 1 heterocycles. The quantitative estimate of drug-likeness (QED) is 0.545. The summed E-state index contributed by atoms with van der Waals surface area (Å²) in [5.74, 6) is -0.299. The first-order valence-electron chi connectivity index (χ1n) is 8.60. The minimum atomic E-state index is -0.431. The van der Waals surface area contributed by atoms with Gasteiger partial charge in [-0.25, -0.2) is 5.43 Å². The molecule has 7 nitrogen and oxygen atoms in total. The van der Waals surface area contributed by atoms with Crippen LogP contribution in [0.5, 0.6) is 0 Å². The topological polar surface area (TPSA) is 96.3 Å². The number of rotatable bonds is 6. The van der Waals surface area contributed by atoms with E-state index in [1.807, 2.05) is 19.1 Å². The van der Waals surface area contributed by atoms with Crippen molar-refractivity contribution in [2.45, 2.75) is 19.4 Å². The summed E-state index contributed by atoms with van der Waals surface area (Å²) in [6.45, 7) is 3.14. The van der Waals surface area contributed by atoms with Crippen molar-refractivity contribution in [1.29, 1.82) is 0 Å². The van der Waals surface area contributed by atoms with Crippen LogP contribution in [0.2, 0.25) is 0 Å². The number of nitrogens with zero attached hydrogens (tertiary/aromatic N) is 1. The number of hydrogen-bond donors (Lipinski definition) is 3. The summed E-state index contributed by atoms with van der Waals surface area (Å²) in [6, 6.07) is 14.3. The van der Waals surface area contributed by atoms with Crippen molar-refractivity contribution >= 4 is 11.6 Å². The predicted molar refractivity (Wildman–Crippen MR) is 98.4 cm³/mol. The molecule has 26 heavy (non-hydrogen) atoms. The average molecular weight is 354 g/mol. The Labute approximate surface area is 151 Å². The maximum Gasteiger partial charge on any atom is 0.269 e. The van der Waals surface area contributed by atoms with Crippen molar-refractivity contribution in [1.82, 2.24) is 16.2 Å². The fraction of sp³-hybridized carbons (Fsp3) is 0.316. The molecule has 0 spiro atoms. The molecule has 0 radical (unpaired) electrons. The summed E-state index contributed by atoms with van der Waals surface area (Å²) in [7, 11) is 0. The normalized spacial score (nSPS) is 19.3. The molecule has 0 aromatic heterocycles. The van der Waals surface area contributed by atoms with Crippen LogP contribution in [0.15, 0.2) is 48.5 Å². The lowest BCUT2D eigenvalue weighted by atomic mass is 9.94. The van der Waals surface area contributed by atoms with Crippen molar-refractivity contribution in [3.05, 3.63) is 75.3 Å². The molecule has 1 aliphatic heterocycles. The summed E-state index contributed by atoms with van der Waals surface area (Å²) in [5.41, 5.74) is 9.38. The van der Waals surface area contributed by atoms with Gasteiger partial charge in [-0.2, -0.15) is 0 Å². The number of benzene rings is 2. The van der Waals surface area contributed by atoms with Gasteiger partial charge in [0.15, 0.2) is 0 Å². The zero-order chi connectivity index (χ0) is 18.5. The second-order valence-electron chi connectivity index (χ2n) is 6.49. The first-order valence-corrected chi connectivity index (χ1v) is 8.60. The smallest absolute Gasteiger partial charge is 0.269 e. The Hall–Kier alpha value is -2.77. The average Bonchev–Trinajstić information content (AvgIpc) is 3.11. The Morgan fingerprint density at radius 3 is 2.73 bits per heavy atom. The van der Waals surface area contributed by atoms with E-state index in [1.165, 1.54) is 23.3 Å². The van der Waals surface area contributed by atoms with E-state index in [0.717, 1.165) is 12.0 Å². The summed E-state index contributed by atoms with van der Waals surface area (Å²) >= 11 is 0. The largest absolute Gasteiger partial charge is 0.355 e. The molecule has 2 aromatic carbocycles. The molecular weight excluding hydrogens is 332 g/mol. The van der Waals surface area contributed by atoms with Crippen LogP contribution in [0.4, 0.5) is 5.69 Å². The number of hydrogen-bond acceptors (Lipinski definition) is 5. The highest BCUT2D eigenvalue weighted by atomic mass is 16.6. The fourth-order valence-electron chi connectivity index (χ4n) is 3.19. The van der Waals surface area contributed by atoms with E-state index in [0.29, 0.717) is 13.1 Å². The van der Waals surface area contributed by atoms with Crippen molar-refractivity contribution in [3.8, 4) is 0 Å². The first-order chi connectivity index (χ1) is 12.5. The van der Waals surface area contributed by atoms with Gasteiger partial charge in [0, 0.05) is 25.2 Å². The van der Waals surface area contributed by atoms with Gasteiger partial charge >= 0.3 is 0 Å². The standard InChI is InChI=1S/C19H22N4O3/c1-13-3-2-4-14(11-13)9-10-20-19(24)17-12-21-22-18(17)15-5-7-16(8-6-15)23(25)26/h2-8,11,17-18,21-22H,9-10,12H2,1H3,(H,20,24). The molecule has 1 fully saturated rings. The molecule has 1 saturated heterocycles. The van der Waals surface area contributed by atoms with Gasteiger partial charge in [-0.1, -0.05) is 42.0 Å². The van der Waals surface area contributed by atoms with Crippen LogP contribution in [-0.4, -0.2) is 23.9 Å². The Morgan fingerprint density at radius 1 is 1.27 bits per heavy atom. The van der Waals surface area contributed by atoms with Crippen molar-refractivity contribution < 1.29 is 9.72 Å². The van der Waals surface area contributed by atoms with E-state index in [1.54, 1.807) is 12.1 Å². The number of carbonyl (C=O) groups excluding carboxylic acids is 1. The molecule has 2 atom stereocenters. The molecule has 1 amide bonds. The first kappa shape index (κ1) is 18.0. The van der Waals surface area contributed by atoms with Gasteiger partial charge in [-0.15, -0.1) is 0 Å². The number of nitrogens with one attached hydrogen (secondary N) is 3. The molecule has 7 heteroatoms. The fourth-order valence-corrected chi connectivity index (χ4v) is 3.19. The summed E-state index contributed by atoms with van der Waals surface area (Å²) < 4.78 is 0. The Kier molecular flexibility index (Phi) is 5.60. The molecule has 2 unspecified atom stereocenters. The molecule has 0 saturated carbocycles. The van der Waals surface area contributed by atoms with E-state index in [-0.39, 0.29) is 23.6 Å². The van der Waals surface area contributed by atoms with Gasteiger partial charge in [0.1, 0.15) is 0 Å². The van der Waals surface area contributed by atoms with E-state index in [2.05, 4.69) is 28.3 Å². The zero-order valence-corrected chi connectivity index (χ0v) is 14.6. The van der Waals surface area contributed by atoms with Crippen LogP contribution in [-0.2, 0) is 11.2 Å². The highest BCUT2D eigenvalue weighted by molar-refractivity contribution is 5.80. The van der Waals surface area contributed by atoms with Crippen molar-refractivity contribution in [2.24, 2.45) is 5.92 Å². The molecule has 3 N–H and O–H groups in total. The van der Waals surface area contributed by atoms with Crippen LogP contribution in [0.1, 0.15) is 22.7 Å². The minimum absolute atomic E-state index is 0.0292. The van der Waals surface area contributed by atoms with Crippen LogP contribution in [0.25, 0.3) is 0 Å². The zero-order valence-electron chi connectivity index (χ0n) is 14.6. The number of hydrazine groups is 1. The second-order valence-corrected chi connectivity index (χ2v) is 6.49. The van der Waals surface area contributed by atoms with E-state index in [4.69, 9.17) is 0 Å². The number of nitro benzene ring substituents is 1. The number of carbonyl (C=O) groups is 1. The van der Waals surface area contributed by atoms with Crippen LogP contribution in [0, 0.1) is 23.0 Å². The third-order valence-electron chi connectivity index (χ3n) is 4.58. The molecule has 0 bridgehead atoms. The van der Waals surface area contributed by atoms with E-state index < -0.39 is 4.92 Å². The molecule has 0 aliphatic carbocycles. The minimum Gasteiger partial charge on any atom is -0.355 e. The number of amides is 1. The monoisotopic (exact) mass is 354 g/mol. The molecular formula is C19H22N4O3. The molecule has 2 aromatic rings. The molecule has 3 rings (SSSR count). The third kappa shape index (κ3) is 4.25. The maximum absolute atomic E-state index is 12.6. The number of non-ortho nitro benzene ring substituents is 1. The number of aryl methyl sites for hydroxylation is 1. The predicted octanol–water partition coefficient (Wildman–Crippen LogP) is 2.03. The van der Waals surface area contributed by atoms with Crippen molar-refractivity contribution in [3.63, 3.8) is 0 Å². The highest BCUT2D eigenvalue weighted by Gasteiger charge is 2.33. The maximum atomic E-state index is 12.6. The second kappa shape index (κ2) is 8.07. The van der Waals surface area contributed by atoms with Crippen molar-refractivity contribution in [2.75, 3.05) is 13.1 Å². The lowest BCUT2D eigenvalue weighted by Gasteiger charge is -2.18. The van der Waals surface area contributed by atoms with Gasteiger partial charge in [0.25, 0.3) is 5.69 Å². The number of nitro groups is 1. The Morgan fingerprint density at radius 2 is 2.04 bits per heavy atom. The van der Waals surface area contributed by atoms with Gasteiger partial charge in [-0.05, 0) is 24.5 Å². The Bertz CT molecular complexity index is 792. The third-order valence-corrected chi connectivity index (χ3v) is 4.58. The lowest BCUT2D eigenvalue weighted by Crippen LogP contribution is -2.36. The van der Waals surface area contributed by atoms with Crippen LogP contribution in [0.3, 0.4) is 0 Å². The van der Waals surface area contributed by atoms with E-state index >= 15 is 0 Å². The SMILES string of the molecule is Cc1cccc(CCNC(=O)C2CNNC2c2ccc([N+](=O)[O-])cc2)c1. The highest BCUT2D eigenvalue weighted by Crippen LogP contribution is 2.26. The summed E-state index contributed by atoms with van der Waals surface area (Å²) in [6.07, 6.45) is 0.781. The lowest BCUT2D eigenvalue weighted by molar-refractivity contribution is -0.384. The van der Waals surface area contributed by atoms with Gasteiger partial charge in [-0.3, -0.25) is 20.3 Å². The molecule has 1 aliphatic rings. The Balaban J connectivity index is 1.58. The van der Waals surface area contributed by atoms with Gasteiger partial charge < -0.3 is 5.32 Å². The summed E-state index contributed by atoms with van der Waals surface area (Å²) in [4.78, 5) is 22.9. The van der Waals surface area contributed by atoms with Crippen LogP contribution < -0.4 is 16.2 Å². The summed E-state index contributed by atoms with van der Waals surface area (Å²) in [5, 5.41) is 13.8. The van der Waals surface area contributed by atoms with E-state index in [9.17, 15) is 14.9 Å². The van der Waals surface area contributed by atoms with Crippen LogP contribution >= 0.6 is 0 Å². The van der Waals surface area contributed by atoms with Gasteiger partial charge in [0.2, 0.25) is 5.91 Å².